The van der Waals surface area contributed by atoms with Crippen LogP contribution in [0.4, 0.5) is 0 Å². The Morgan fingerprint density at radius 1 is 1.19 bits per heavy atom. The van der Waals surface area contributed by atoms with Crippen LogP contribution in [-0.2, 0) is 11.3 Å². The number of benzene rings is 1. The number of carbonyl (C=O) groups excluding carboxylic acids is 1. The quantitative estimate of drug-likeness (QED) is 0.340. The van der Waals surface area contributed by atoms with E-state index in [0.29, 0.717) is 18.4 Å². The fraction of sp³-hybridized carbons (Fsp3) is 0.556. The third-order valence-electron chi connectivity index (χ3n) is 3.49. The summed E-state index contributed by atoms with van der Waals surface area (Å²) in [4.78, 5) is 17.9. The van der Waals surface area contributed by atoms with Gasteiger partial charge in [0.05, 0.1) is 27.3 Å². The Morgan fingerprint density at radius 2 is 1.88 bits per heavy atom. The molecule has 0 atom stereocenters. The largest absolute Gasteiger partial charge is 0.497 e. The molecule has 0 radical (unpaired) electrons. The van der Waals surface area contributed by atoms with Gasteiger partial charge < -0.3 is 25.0 Å². The molecule has 0 aliphatic rings. The molecule has 0 fully saturated rings. The Bertz CT molecular complexity index is 592. The zero-order valence-corrected chi connectivity index (χ0v) is 18.8. The Labute approximate surface area is 173 Å². The van der Waals surface area contributed by atoms with Crippen LogP contribution in [0.5, 0.6) is 11.5 Å². The molecule has 2 N–H and O–H groups in total. The van der Waals surface area contributed by atoms with E-state index >= 15 is 0 Å². The summed E-state index contributed by atoms with van der Waals surface area (Å²) in [5, 5.41) is 6.32. The smallest absolute Gasteiger partial charge is 0.241 e. The van der Waals surface area contributed by atoms with Gasteiger partial charge >= 0.3 is 0 Å². The van der Waals surface area contributed by atoms with Crippen molar-refractivity contribution in [1.29, 1.82) is 0 Å². The lowest BCUT2D eigenvalue weighted by Gasteiger charge is -2.16. The Kier molecular flexibility index (Phi) is 11.8. The number of ether oxygens (including phenoxy) is 2. The minimum Gasteiger partial charge on any atom is -0.497 e. The van der Waals surface area contributed by atoms with Gasteiger partial charge in [-0.05, 0) is 18.1 Å². The number of guanidine groups is 1. The van der Waals surface area contributed by atoms with Crippen LogP contribution >= 0.6 is 24.0 Å². The SMILES string of the molecule is COc1ccc(CN=C(NCC(=O)N(C)C)NCC(C)C)c(OC)c1.I. The summed E-state index contributed by atoms with van der Waals surface area (Å²) in [6.07, 6.45) is 0. The number of carbonyl (C=O) groups is 1. The van der Waals surface area contributed by atoms with Crippen molar-refractivity contribution in [2.45, 2.75) is 20.4 Å². The summed E-state index contributed by atoms with van der Waals surface area (Å²) < 4.78 is 10.6. The average Bonchev–Trinajstić information content (AvgIpc) is 2.60. The molecule has 0 aliphatic heterocycles. The molecule has 8 heteroatoms. The summed E-state index contributed by atoms with van der Waals surface area (Å²) >= 11 is 0. The number of nitrogens with one attached hydrogen (secondary N) is 2. The number of methoxy groups -OCH3 is 2. The normalized spacial score (nSPS) is 10.8. The highest BCUT2D eigenvalue weighted by Crippen LogP contribution is 2.25. The number of amides is 1. The average molecular weight is 478 g/mol. The van der Waals surface area contributed by atoms with Crippen LogP contribution in [0.2, 0.25) is 0 Å². The van der Waals surface area contributed by atoms with Crippen molar-refractivity contribution >= 4 is 35.8 Å². The minimum absolute atomic E-state index is 0. The van der Waals surface area contributed by atoms with Gasteiger partial charge in [0, 0.05) is 32.3 Å². The van der Waals surface area contributed by atoms with Gasteiger partial charge in [0.15, 0.2) is 5.96 Å². The fourth-order valence-corrected chi connectivity index (χ4v) is 1.94. The van der Waals surface area contributed by atoms with Crippen molar-refractivity contribution in [3.05, 3.63) is 23.8 Å². The van der Waals surface area contributed by atoms with Crippen molar-refractivity contribution in [1.82, 2.24) is 15.5 Å². The topological polar surface area (TPSA) is 75.2 Å². The van der Waals surface area contributed by atoms with E-state index in [1.807, 2.05) is 18.2 Å². The van der Waals surface area contributed by atoms with Gasteiger partial charge in [0.1, 0.15) is 11.5 Å². The first-order valence-corrected chi connectivity index (χ1v) is 8.30. The molecule has 26 heavy (non-hydrogen) atoms. The van der Waals surface area contributed by atoms with Crippen LogP contribution in [0.15, 0.2) is 23.2 Å². The predicted molar refractivity (Wildman–Crippen MR) is 116 cm³/mol. The molecule has 1 rings (SSSR count). The van der Waals surface area contributed by atoms with Crippen molar-refractivity contribution in [3.63, 3.8) is 0 Å². The lowest BCUT2D eigenvalue weighted by molar-refractivity contribution is -0.127. The summed E-state index contributed by atoms with van der Waals surface area (Å²) in [6, 6.07) is 5.62. The zero-order chi connectivity index (χ0) is 18.8. The molecule has 0 unspecified atom stereocenters. The van der Waals surface area contributed by atoms with Gasteiger partial charge in [-0.25, -0.2) is 4.99 Å². The third kappa shape index (κ3) is 8.59. The van der Waals surface area contributed by atoms with E-state index in [2.05, 4.69) is 29.5 Å². The molecule has 1 aromatic carbocycles. The lowest BCUT2D eigenvalue weighted by atomic mass is 10.2. The van der Waals surface area contributed by atoms with Gasteiger partial charge in [-0.3, -0.25) is 4.79 Å². The van der Waals surface area contributed by atoms with E-state index < -0.39 is 0 Å². The summed E-state index contributed by atoms with van der Waals surface area (Å²) in [7, 11) is 6.69. The van der Waals surface area contributed by atoms with E-state index in [1.165, 1.54) is 0 Å². The molecule has 1 amide bonds. The standard InChI is InChI=1S/C18H30N4O3.HI/c1-13(2)10-19-18(21-12-17(23)22(3)4)20-11-14-7-8-15(24-5)9-16(14)25-6;/h7-9,13H,10-12H2,1-6H3,(H2,19,20,21);1H. The number of rotatable bonds is 8. The van der Waals surface area contributed by atoms with Gasteiger partial charge in [-0.1, -0.05) is 13.8 Å². The van der Waals surface area contributed by atoms with Crippen LogP contribution in [0, 0.1) is 5.92 Å². The van der Waals surface area contributed by atoms with Crippen LogP contribution in [-0.4, -0.2) is 58.2 Å². The van der Waals surface area contributed by atoms with Gasteiger partial charge in [0.25, 0.3) is 0 Å². The lowest BCUT2D eigenvalue weighted by Crippen LogP contribution is -2.44. The molecule has 0 aliphatic carbocycles. The second-order valence-corrected chi connectivity index (χ2v) is 6.26. The summed E-state index contributed by atoms with van der Waals surface area (Å²) in [5.74, 6) is 2.50. The monoisotopic (exact) mass is 478 g/mol. The molecule has 0 saturated carbocycles. The van der Waals surface area contributed by atoms with Crippen molar-refractivity contribution in [3.8, 4) is 11.5 Å². The number of hydrogen-bond donors (Lipinski definition) is 2. The fourth-order valence-electron chi connectivity index (χ4n) is 1.94. The highest BCUT2D eigenvalue weighted by atomic mass is 127. The number of halogens is 1. The molecule has 0 bridgehead atoms. The second kappa shape index (κ2) is 12.6. The number of nitrogens with zero attached hydrogens (tertiary/aromatic N) is 2. The first kappa shape index (κ1) is 24.3. The van der Waals surface area contributed by atoms with E-state index in [9.17, 15) is 4.79 Å². The molecular formula is C18H31IN4O3. The predicted octanol–water partition coefficient (Wildman–Crippen LogP) is 2.10. The van der Waals surface area contributed by atoms with E-state index in [1.54, 1.807) is 33.2 Å². The molecule has 0 spiro atoms. The maximum atomic E-state index is 11.8. The minimum atomic E-state index is -0.0129. The molecular weight excluding hydrogens is 447 g/mol. The van der Waals surface area contributed by atoms with E-state index in [4.69, 9.17) is 9.47 Å². The van der Waals surface area contributed by atoms with Gasteiger partial charge in [-0.2, -0.15) is 0 Å². The number of likely N-dealkylation sites (N-methyl/N-ethyl adjacent to an activating group) is 1. The number of hydrogen-bond acceptors (Lipinski definition) is 4. The first-order chi connectivity index (χ1) is 11.9. The molecule has 0 aromatic heterocycles. The summed E-state index contributed by atoms with van der Waals surface area (Å²) in [5.41, 5.74) is 0.938. The van der Waals surface area contributed by atoms with Crippen LogP contribution < -0.4 is 20.1 Å². The second-order valence-electron chi connectivity index (χ2n) is 6.26. The zero-order valence-electron chi connectivity index (χ0n) is 16.5. The maximum absolute atomic E-state index is 11.8. The van der Waals surface area contributed by atoms with Gasteiger partial charge in [0.2, 0.25) is 5.91 Å². The van der Waals surface area contributed by atoms with Crippen molar-refractivity contribution < 1.29 is 14.3 Å². The first-order valence-electron chi connectivity index (χ1n) is 8.30. The Balaban J connectivity index is 0.00000625. The molecule has 0 heterocycles. The van der Waals surface area contributed by atoms with Crippen molar-refractivity contribution in [2.24, 2.45) is 10.9 Å². The Morgan fingerprint density at radius 3 is 2.42 bits per heavy atom. The maximum Gasteiger partial charge on any atom is 0.241 e. The highest BCUT2D eigenvalue weighted by molar-refractivity contribution is 14.0. The highest BCUT2D eigenvalue weighted by Gasteiger charge is 2.08. The molecule has 0 saturated heterocycles. The van der Waals surface area contributed by atoms with E-state index in [-0.39, 0.29) is 36.4 Å². The molecule has 148 valence electrons. The molecule has 7 nitrogen and oxygen atoms in total. The van der Waals surface area contributed by atoms with Crippen LogP contribution in [0.1, 0.15) is 19.4 Å². The van der Waals surface area contributed by atoms with Crippen molar-refractivity contribution in [2.75, 3.05) is 41.4 Å². The number of aliphatic imine (C=N–C) groups is 1. The Hall–Kier alpha value is -1.71. The molecule has 1 aromatic rings. The van der Waals surface area contributed by atoms with E-state index in [0.717, 1.165) is 23.6 Å². The third-order valence-corrected chi connectivity index (χ3v) is 3.49. The van der Waals surface area contributed by atoms with Crippen LogP contribution in [0.3, 0.4) is 0 Å². The van der Waals surface area contributed by atoms with Crippen LogP contribution in [0.25, 0.3) is 0 Å². The van der Waals surface area contributed by atoms with Gasteiger partial charge in [-0.15, -0.1) is 24.0 Å². The summed E-state index contributed by atoms with van der Waals surface area (Å²) in [6.45, 7) is 5.61.